The van der Waals surface area contributed by atoms with Crippen molar-refractivity contribution in [3.63, 3.8) is 0 Å². The van der Waals surface area contributed by atoms with Crippen LogP contribution in [0.3, 0.4) is 0 Å². The molecule has 0 atom stereocenters. The number of hydrogen-bond acceptors (Lipinski definition) is 7. The molecule has 1 aliphatic carbocycles. The molecule has 4 heterocycles. The maximum Gasteiger partial charge on any atom is 0.199 e. The third-order valence-corrected chi connectivity index (χ3v) is 7.22. The van der Waals surface area contributed by atoms with E-state index in [1.54, 1.807) is 17.5 Å². The highest BCUT2D eigenvalue weighted by molar-refractivity contribution is 7.22. The zero-order valence-electron chi connectivity index (χ0n) is 18.2. The molecule has 0 aliphatic heterocycles. The van der Waals surface area contributed by atoms with Crippen molar-refractivity contribution in [1.82, 2.24) is 29.3 Å². The van der Waals surface area contributed by atoms with Crippen molar-refractivity contribution in [2.45, 2.75) is 45.7 Å². The number of nitrogens with zero attached hydrogens (tertiary/aromatic N) is 6. The lowest BCUT2D eigenvalue weighted by molar-refractivity contribution is 0.151. The highest BCUT2D eigenvalue weighted by Crippen LogP contribution is 2.41. The zero-order valence-corrected chi connectivity index (χ0v) is 19.0. The van der Waals surface area contributed by atoms with Crippen molar-refractivity contribution in [1.29, 1.82) is 0 Å². The first-order chi connectivity index (χ1) is 14.9. The topological polar surface area (TPSA) is 93.7 Å². The summed E-state index contributed by atoms with van der Waals surface area (Å²) in [5.74, 6) is 2.57. The lowest BCUT2D eigenvalue weighted by Crippen LogP contribution is -2.37. The first kappa shape index (κ1) is 20.1. The van der Waals surface area contributed by atoms with E-state index in [9.17, 15) is 5.11 Å². The summed E-state index contributed by atoms with van der Waals surface area (Å²) < 4.78 is 3.91. The molecule has 0 spiro atoms. The van der Waals surface area contributed by atoms with E-state index in [1.165, 1.54) is 0 Å². The van der Waals surface area contributed by atoms with Crippen LogP contribution in [0.1, 0.15) is 38.3 Å². The Morgan fingerprint density at radius 3 is 2.71 bits per heavy atom. The van der Waals surface area contributed by atoms with Gasteiger partial charge >= 0.3 is 0 Å². The van der Waals surface area contributed by atoms with Gasteiger partial charge in [-0.3, -0.25) is 4.68 Å². The van der Waals surface area contributed by atoms with E-state index in [-0.39, 0.29) is 6.61 Å². The highest BCUT2D eigenvalue weighted by atomic mass is 32.1. The summed E-state index contributed by atoms with van der Waals surface area (Å²) in [4.78, 5) is 16.3. The quantitative estimate of drug-likeness (QED) is 0.473. The Hall–Kier alpha value is -2.78. The number of fused-ring (bicyclic) bond motifs is 1. The van der Waals surface area contributed by atoms with Crippen molar-refractivity contribution in [2.24, 2.45) is 13.0 Å². The second kappa shape index (κ2) is 7.72. The van der Waals surface area contributed by atoms with E-state index in [4.69, 9.17) is 15.1 Å². The van der Waals surface area contributed by atoms with E-state index in [0.717, 1.165) is 50.8 Å². The molecule has 9 heteroatoms. The molecule has 1 aliphatic rings. The molecule has 31 heavy (non-hydrogen) atoms. The number of aromatic nitrogens is 6. The summed E-state index contributed by atoms with van der Waals surface area (Å²) in [6, 6.07) is 2.69. The van der Waals surface area contributed by atoms with E-state index in [0.29, 0.717) is 23.8 Å². The van der Waals surface area contributed by atoms with E-state index in [2.05, 4.69) is 37.1 Å². The van der Waals surface area contributed by atoms with Gasteiger partial charge in [-0.05, 0) is 51.2 Å². The van der Waals surface area contributed by atoms with Gasteiger partial charge in [0, 0.05) is 44.3 Å². The minimum Gasteiger partial charge on any atom is -0.396 e. The predicted molar refractivity (Wildman–Crippen MR) is 123 cm³/mol. The average molecular weight is 438 g/mol. The van der Waals surface area contributed by atoms with Crippen LogP contribution in [0.25, 0.3) is 32.4 Å². The standard InChI is InChI=1S/C22H27N7OS/c1-12(2)29-7-5-16(27-29)18-13(3)17-19(24-15-9-14(10-15)11-30)25-20(26-22(17)31-18)21-23-6-8-28(21)4/h5-8,12,14-15,30H,9-11H2,1-4H3,(H,24,25,26)/t14-,15-. The zero-order chi connectivity index (χ0) is 21.7. The minimum absolute atomic E-state index is 0.246. The van der Waals surface area contributed by atoms with Crippen molar-refractivity contribution < 1.29 is 5.11 Å². The van der Waals surface area contributed by atoms with Crippen LogP contribution in [-0.4, -0.2) is 47.1 Å². The van der Waals surface area contributed by atoms with Crippen LogP contribution in [-0.2, 0) is 7.05 Å². The van der Waals surface area contributed by atoms with Gasteiger partial charge in [0.25, 0.3) is 0 Å². The molecule has 4 aromatic rings. The Balaban J connectivity index is 1.62. The lowest BCUT2D eigenvalue weighted by Gasteiger charge is -2.35. The SMILES string of the molecule is Cc1c(-c2ccn(C(C)C)n2)sc2nc(-c3nccn3C)nc(N[C@H]3C[C@H](CO)C3)c12. The van der Waals surface area contributed by atoms with E-state index < -0.39 is 0 Å². The van der Waals surface area contributed by atoms with Gasteiger partial charge in [-0.15, -0.1) is 11.3 Å². The Bertz CT molecular complexity index is 1230. The molecule has 0 bridgehead atoms. The molecule has 0 radical (unpaired) electrons. The molecule has 0 saturated heterocycles. The van der Waals surface area contributed by atoms with Gasteiger partial charge in [0.1, 0.15) is 16.3 Å². The van der Waals surface area contributed by atoms with Gasteiger partial charge in [-0.1, -0.05) is 0 Å². The molecule has 0 unspecified atom stereocenters. The summed E-state index contributed by atoms with van der Waals surface area (Å²) in [6.45, 7) is 6.61. The summed E-state index contributed by atoms with van der Waals surface area (Å²) in [6.07, 6.45) is 7.59. The largest absolute Gasteiger partial charge is 0.396 e. The highest BCUT2D eigenvalue weighted by Gasteiger charge is 2.30. The third kappa shape index (κ3) is 3.51. The molecule has 8 nitrogen and oxygen atoms in total. The number of nitrogens with one attached hydrogen (secondary N) is 1. The molecule has 1 fully saturated rings. The minimum atomic E-state index is 0.246. The number of rotatable bonds is 6. The molecule has 5 rings (SSSR count). The van der Waals surface area contributed by atoms with Gasteiger partial charge in [0.05, 0.1) is 10.3 Å². The second-order valence-corrected chi connectivity index (χ2v) is 9.63. The van der Waals surface area contributed by atoms with Gasteiger partial charge in [-0.2, -0.15) is 5.10 Å². The number of aryl methyl sites for hydroxylation is 2. The van der Waals surface area contributed by atoms with Crippen molar-refractivity contribution in [2.75, 3.05) is 11.9 Å². The summed E-state index contributed by atoms with van der Waals surface area (Å²) in [7, 11) is 1.95. The van der Waals surface area contributed by atoms with Crippen LogP contribution in [0.4, 0.5) is 5.82 Å². The van der Waals surface area contributed by atoms with Crippen molar-refractivity contribution in [3.05, 3.63) is 30.2 Å². The molecule has 1 saturated carbocycles. The Morgan fingerprint density at radius 1 is 1.26 bits per heavy atom. The molecule has 2 N–H and O–H groups in total. The second-order valence-electron chi connectivity index (χ2n) is 8.63. The van der Waals surface area contributed by atoms with Gasteiger partial charge < -0.3 is 15.0 Å². The van der Waals surface area contributed by atoms with E-state index in [1.807, 2.05) is 28.7 Å². The van der Waals surface area contributed by atoms with Gasteiger partial charge in [0.2, 0.25) is 0 Å². The van der Waals surface area contributed by atoms with E-state index >= 15 is 0 Å². The van der Waals surface area contributed by atoms with Gasteiger partial charge in [0.15, 0.2) is 11.6 Å². The third-order valence-electron chi connectivity index (χ3n) is 6.02. The monoisotopic (exact) mass is 437 g/mol. The Kier molecular flexibility index (Phi) is 5.02. The maximum absolute atomic E-state index is 9.38. The predicted octanol–water partition coefficient (Wildman–Crippen LogP) is 4.03. The van der Waals surface area contributed by atoms with Crippen LogP contribution in [0.15, 0.2) is 24.7 Å². The molecule has 4 aromatic heterocycles. The number of aliphatic hydroxyl groups is 1. The molecule has 162 valence electrons. The first-order valence-electron chi connectivity index (χ1n) is 10.7. The average Bonchev–Trinajstić information content (AvgIpc) is 3.43. The number of aliphatic hydroxyl groups excluding tert-OH is 1. The van der Waals surface area contributed by atoms with Crippen LogP contribution in [0.2, 0.25) is 0 Å². The lowest BCUT2D eigenvalue weighted by atomic mass is 9.81. The number of imidazole rings is 1. The number of thiophene rings is 1. The normalized spacial score (nSPS) is 18.6. The summed E-state index contributed by atoms with van der Waals surface area (Å²) in [5.41, 5.74) is 2.10. The van der Waals surface area contributed by atoms with Crippen LogP contribution in [0, 0.1) is 12.8 Å². The maximum atomic E-state index is 9.38. The molecular weight excluding hydrogens is 410 g/mol. The van der Waals surface area contributed by atoms with Crippen molar-refractivity contribution >= 4 is 27.4 Å². The van der Waals surface area contributed by atoms with Crippen LogP contribution in [0.5, 0.6) is 0 Å². The number of anilines is 1. The van der Waals surface area contributed by atoms with Crippen LogP contribution < -0.4 is 5.32 Å². The van der Waals surface area contributed by atoms with Crippen molar-refractivity contribution in [3.8, 4) is 22.2 Å². The smallest absolute Gasteiger partial charge is 0.199 e. The summed E-state index contributed by atoms with van der Waals surface area (Å²) >= 11 is 1.65. The summed E-state index contributed by atoms with van der Waals surface area (Å²) in [5, 5.41) is 18.8. The molecular formula is C22H27N7OS. The Labute approximate surface area is 185 Å². The van der Waals surface area contributed by atoms with Crippen LogP contribution >= 0.6 is 11.3 Å². The molecule has 0 aromatic carbocycles. The fourth-order valence-corrected chi connectivity index (χ4v) is 5.26. The fourth-order valence-electron chi connectivity index (χ4n) is 4.11. The fraction of sp³-hybridized carbons (Fsp3) is 0.455. The van der Waals surface area contributed by atoms with Gasteiger partial charge in [-0.25, -0.2) is 15.0 Å². The molecule has 0 amide bonds. The Morgan fingerprint density at radius 2 is 2.06 bits per heavy atom. The number of hydrogen-bond donors (Lipinski definition) is 2. The first-order valence-corrected chi connectivity index (χ1v) is 11.5.